The summed E-state index contributed by atoms with van der Waals surface area (Å²) in [5, 5.41) is 2.72. The summed E-state index contributed by atoms with van der Waals surface area (Å²) in [5.74, 6) is -0.493. The number of fused-ring (bicyclic) bond motifs is 1. The van der Waals surface area contributed by atoms with Gasteiger partial charge in [0.1, 0.15) is 0 Å². The van der Waals surface area contributed by atoms with Crippen molar-refractivity contribution >= 4 is 28.6 Å². The van der Waals surface area contributed by atoms with Crippen molar-refractivity contribution in [2.45, 2.75) is 26.2 Å². The maximum atomic E-state index is 12.1. The second kappa shape index (κ2) is 8.40. The average Bonchev–Trinajstić information content (AvgIpc) is 2.71. The summed E-state index contributed by atoms with van der Waals surface area (Å²) in [6.07, 6.45) is 4.19. The molecule has 0 spiro atoms. The number of hydrogen-bond donors (Lipinski definition) is 1. The van der Waals surface area contributed by atoms with Gasteiger partial charge in [-0.05, 0) is 48.2 Å². The van der Waals surface area contributed by atoms with Crippen LogP contribution in [0, 0.1) is 0 Å². The minimum atomic E-state index is -0.579. The molecule has 3 aromatic rings. The molecule has 0 saturated carbocycles. The summed E-state index contributed by atoms with van der Waals surface area (Å²) in [6.45, 7) is 3.94. The minimum Gasteiger partial charge on any atom is -0.452 e. The van der Waals surface area contributed by atoms with Crippen LogP contribution in [0.1, 0.15) is 42.1 Å². The van der Waals surface area contributed by atoms with Gasteiger partial charge in [-0.2, -0.15) is 0 Å². The molecule has 2 aromatic carbocycles. The molecule has 1 N–H and O–H groups in total. The first kappa shape index (κ1) is 18.5. The van der Waals surface area contributed by atoms with Crippen LogP contribution >= 0.6 is 0 Å². The van der Waals surface area contributed by atoms with E-state index in [0.29, 0.717) is 28.2 Å². The van der Waals surface area contributed by atoms with Crippen molar-refractivity contribution in [3.8, 4) is 0 Å². The molecule has 1 atom stereocenters. The van der Waals surface area contributed by atoms with Crippen molar-refractivity contribution in [2.75, 3.05) is 11.9 Å². The first-order chi connectivity index (χ1) is 13.1. The number of rotatable bonds is 6. The van der Waals surface area contributed by atoms with Crippen LogP contribution < -0.4 is 5.32 Å². The van der Waals surface area contributed by atoms with Crippen LogP contribution in [0.15, 0.2) is 54.9 Å². The Balaban J connectivity index is 1.55. The molecule has 27 heavy (non-hydrogen) atoms. The Labute approximate surface area is 157 Å². The van der Waals surface area contributed by atoms with Gasteiger partial charge in [0, 0.05) is 18.1 Å². The predicted octanol–water partition coefficient (Wildman–Crippen LogP) is 3.94. The van der Waals surface area contributed by atoms with Crippen LogP contribution in [0.5, 0.6) is 0 Å². The first-order valence-electron chi connectivity index (χ1n) is 8.84. The Morgan fingerprint density at radius 2 is 1.74 bits per heavy atom. The lowest BCUT2D eigenvalue weighted by Gasteiger charge is -2.11. The molecule has 0 bridgehead atoms. The van der Waals surface area contributed by atoms with Crippen molar-refractivity contribution in [1.29, 1.82) is 0 Å². The highest BCUT2D eigenvalue weighted by Gasteiger charge is 2.12. The van der Waals surface area contributed by atoms with Gasteiger partial charge >= 0.3 is 5.97 Å². The lowest BCUT2D eigenvalue weighted by molar-refractivity contribution is -0.119. The third-order valence-electron chi connectivity index (χ3n) is 4.42. The summed E-state index contributed by atoms with van der Waals surface area (Å²) in [6, 6.07) is 12.6. The van der Waals surface area contributed by atoms with E-state index < -0.39 is 5.97 Å². The smallest absolute Gasteiger partial charge is 0.338 e. The Kier molecular flexibility index (Phi) is 5.76. The molecule has 138 valence electrons. The van der Waals surface area contributed by atoms with E-state index in [9.17, 15) is 9.59 Å². The number of hydrogen-bond acceptors (Lipinski definition) is 5. The highest BCUT2D eigenvalue weighted by atomic mass is 16.5. The van der Waals surface area contributed by atoms with Crippen LogP contribution in [0.3, 0.4) is 0 Å². The molecule has 3 rings (SSSR count). The third-order valence-corrected chi connectivity index (χ3v) is 4.42. The van der Waals surface area contributed by atoms with E-state index in [1.807, 2.05) is 24.3 Å². The van der Waals surface area contributed by atoms with E-state index >= 15 is 0 Å². The molecule has 0 unspecified atom stereocenters. The van der Waals surface area contributed by atoms with Gasteiger partial charge in [0.05, 0.1) is 16.6 Å². The highest BCUT2D eigenvalue weighted by molar-refractivity contribution is 5.97. The molecule has 6 nitrogen and oxygen atoms in total. The van der Waals surface area contributed by atoms with Gasteiger partial charge in [0.15, 0.2) is 6.61 Å². The summed E-state index contributed by atoms with van der Waals surface area (Å²) < 4.78 is 5.09. The molecule has 0 saturated heterocycles. The summed E-state index contributed by atoms with van der Waals surface area (Å²) in [7, 11) is 0. The first-order valence-corrected chi connectivity index (χ1v) is 8.84. The van der Waals surface area contributed by atoms with Crippen LogP contribution in [0.4, 0.5) is 5.69 Å². The van der Waals surface area contributed by atoms with Crippen LogP contribution in [-0.4, -0.2) is 28.5 Å². The average molecular weight is 363 g/mol. The fourth-order valence-electron chi connectivity index (χ4n) is 2.63. The van der Waals surface area contributed by atoms with Crippen molar-refractivity contribution in [2.24, 2.45) is 0 Å². The second-order valence-corrected chi connectivity index (χ2v) is 6.32. The van der Waals surface area contributed by atoms with Crippen LogP contribution in [-0.2, 0) is 9.53 Å². The normalized spacial score (nSPS) is 11.8. The summed E-state index contributed by atoms with van der Waals surface area (Å²) >= 11 is 0. The molecule has 1 amide bonds. The van der Waals surface area contributed by atoms with Gasteiger partial charge in [-0.25, -0.2) is 4.79 Å². The van der Waals surface area contributed by atoms with Gasteiger partial charge in [-0.3, -0.25) is 14.8 Å². The number of amides is 1. The number of anilines is 1. The standard InChI is InChI=1S/C21H21N3O3/c1-3-14(2)15-4-7-17(8-5-15)24-20(25)13-27-21(26)16-6-9-18-19(12-16)23-11-10-22-18/h4-12,14H,3,13H2,1-2H3,(H,24,25)/t14-/m1/s1. The molecule has 0 radical (unpaired) electrons. The largest absolute Gasteiger partial charge is 0.452 e. The maximum absolute atomic E-state index is 12.1. The second-order valence-electron chi connectivity index (χ2n) is 6.32. The molecule has 0 aliphatic heterocycles. The predicted molar refractivity (Wildman–Crippen MR) is 104 cm³/mol. The number of esters is 1. The molecular weight excluding hydrogens is 342 g/mol. The van der Waals surface area contributed by atoms with Crippen molar-refractivity contribution in [3.05, 3.63) is 66.0 Å². The van der Waals surface area contributed by atoms with Gasteiger partial charge in [0.2, 0.25) is 0 Å². The molecule has 0 fully saturated rings. The number of benzene rings is 2. The van der Waals surface area contributed by atoms with E-state index in [2.05, 4.69) is 29.1 Å². The zero-order valence-corrected chi connectivity index (χ0v) is 15.3. The minimum absolute atomic E-state index is 0.328. The van der Waals surface area contributed by atoms with E-state index in [0.717, 1.165) is 6.42 Å². The topological polar surface area (TPSA) is 81.2 Å². The zero-order chi connectivity index (χ0) is 19.2. The SMILES string of the molecule is CC[C@@H](C)c1ccc(NC(=O)COC(=O)c2ccc3nccnc3c2)cc1. The van der Waals surface area contributed by atoms with Crippen LogP contribution in [0.2, 0.25) is 0 Å². The molecule has 6 heteroatoms. The van der Waals surface area contributed by atoms with Gasteiger partial charge in [-0.1, -0.05) is 26.0 Å². The fourth-order valence-corrected chi connectivity index (χ4v) is 2.63. The summed E-state index contributed by atoms with van der Waals surface area (Å²) in [4.78, 5) is 32.5. The van der Waals surface area contributed by atoms with Crippen molar-refractivity contribution < 1.29 is 14.3 Å². The van der Waals surface area contributed by atoms with E-state index in [1.165, 1.54) is 5.56 Å². The number of nitrogens with one attached hydrogen (secondary N) is 1. The van der Waals surface area contributed by atoms with Gasteiger partial charge in [0.25, 0.3) is 5.91 Å². The lowest BCUT2D eigenvalue weighted by Crippen LogP contribution is -2.21. The Hall–Kier alpha value is -3.28. The zero-order valence-electron chi connectivity index (χ0n) is 15.3. The molecule has 1 heterocycles. The number of carbonyl (C=O) groups excluding carboxylic acids is 2. The fraction of sp³-hybridized carbons (Fsp3) is 0.238. The monoisotopic (exact) mass is 363 g/mol. The molecule has 0 aliphatic carbocycles. The Bertz CT molecular complexity index is 954. The van der Waals surface area contributed by atoms with E-state index in [1.54, 1.807) is 30.6 Å². The molecular formula is C21H21N3O3. The third kappa shape index (κ3) is 4.67. The quantitative estimate of drug-likeness (QED) is 0.671. The van der Waals surface area contributed by atoms with Gasteiger partial charge < -0.3 is 10.1 Å². The van der Waals surface area contributed by atoms with Crippen molar-refractivity contribution in [3.63, 3.8) is 0 Å². The number of ether oxygens (including phenoxy) is 1. The lowest BCUT2D eigenvalue weighted by atomic mass is 9.99. The van der Waals surface area contributed by atoms with E-state index in [-0.39, 0.29) is 12.5 Å². The molecule has 1 aromatic heterocycles. The number of nitrogens with zero attached hydrogens (tertiary/aromatic N) is 2. The Morgan fingerprint density at radius 3 is 2.44 bits per heavy atom. The number of aromatic nitrogens is 2. The highest BCUT2D eigenvalue weighted by Crippen LogP contribution is 2.20. The maximum Gasteiger partial charge on any atom is 0.338 e. The molecule has 0 aliphatic rings. The Morgan fingerprint density at radius 1 is 1.04 bits per heavy atom. The summed E-state index contributed by atoms with van der Waals surface area (Å²) in [5.41, 5.74) is 3.50. The van der Waals surface area contributed by atoms with E-state index in [4.69, 9.17) is 4.74 Å². The van der Waals surface area contributed by atoms with Crippen molar-refractivity contribution in [1.82, 2.24) is 9.97 Å². The van der Waals surface area contributed by atoms with Gasteiger partial charge in [-0.15, -0.1) is 0 Å². The van der Waals surface area contributed by atoms with Crippen LogP contribution in [0.25, 0.3) is 11.0 Å². The number of carbonyl (C=O) groups is 2.